The van der Waals surface area contributed by atoms with Crippen LogP contribution in [0, 0.1) is 11.3 Å². The van der Waals surface area contributed by atoms with Crippen LogP contribution in [0.4, 0.5) is 0 Å². The summed E-state index contributed by atoms with van der Waals surface area (Å²) in [6, 6.07) is 8.50. The second-order valence-electron chi connectivity index (χ2n) is 3.54. The molecule has 1 aliphatic carbocycles. The van der Waals surface area contributed by atoms with Crippen molar-refractivity contribution in [1.82, 2.24) is 0 Å². The molecule has 0 aliphatic heterocycles. The van der Waals surface area contributed by atoms with E-state index < -0.39 is 11.6 Å². The molecule has 0 spiro atoms. The number of carboxylic acids is 1. The van der Waals surface area contributed by atoms with Crippen LogP contribution in [-0.2, 0) is 4.79 Å². The van der Waals surface area contributed by atoms with E-state index in [1.54, 1.807) is 24.3 Å². The van der Waals surface area contributed by atoms with Crippen LogP contribution in [-0.4, -0.2) is 16.7 Å². The van der Waals surface area contributed by atoms with E-state index in [4.69, 9.17) is 15.1 Å². The molecule has 0 heterocycles. The molecule has 4 nitrogen and oxygen atoms in total. The Labute approximate surface area is 86.7 Å². The van der Waals surface area contributed by atoms with Crippen molar-refractivity contribution in [2.24, 2.45) is 0 Å². The molecule has 0 saturated heterocycles. The number of hydrogen-bond donors (Lipinski definition) is 1. The van der Waals surface area contributed by atoms with Crippen LogP contribution >= 0.6 is 0 Å². The fourth-order valence-electron chi connectivity index (χ4n) is 1.33. The first-order chi connectivity index (χ1) is 7.16. The van der Waals surface area contributed by atoms with Crippen molar-refractivity contribution in [2.45, 2.75) is 18.4 Å². The summed E-state index contributed by atoms with van der Waals surface area (Å²) in [4.78, 5) is 10.9. The third-order valence-corrected chi connectivity index (χ3v) is 2.37. The van der Waals surface area contributed by atoms with Crippen LogP contribution in [0.3, 0.4) is 0 Å². The number of nitrogens with zero attached hydrogens (tertiary/aromatic N) is 1. The fourth-order valence-corrected chi connectivity index (χ4v) is 1.33. The predicted molar refractivity (Wildman–Crippen MR) is 51.4 cm³/mol. The number of nitriles is 1. The molecule has 0 amide bonds. The molecule has 0 radical (unpaired) electrons. The van der Waals surface area contributed by atoms with Crippen LogP contribution in [0.1, 0.15) is 18.4 Å². The van der Waals surface area contributed by atoms with Gasteiger partial charge in [0.05, 0.1) is 11.6 Å². The zero-order valence-electron chi connectivity index (χ0n) is 7.93. The molecule has 4 heteroatoms. The lowest BCUT2D eigenvalue weighted by atomic mass is 10.2. The van der Waals surface area contributed by atoms with Gasteiger partial charge in [-0.1, -0.05) is 6.07 Å². The van der Waals surface area contributed by atoms with E-state index in [9.17, 15) is 4.79 Å². The average molecular weight is 203 g/mol. The summed E-state index contributed by atoms with van der Waals surface area (Å²) < 4.78 is 5.37. The number of benzene rings is 1. The first-order valence-corrected chi connectivity index (χ1v) is 4.59. The zero-order valence-corrected chi connectivity index (χ0v) is 7.93. The highest BCUT2D eigenvalue weighted by molar-refractivity contribution is 5.81. The Morgan fingerprint density at radius 1 is 1.53 bits per heavy atom. The second-order valence-corrected chi connectivity index (χ2v) is 3.54. The number of rotatable bonds is 3. The maximum absolute atomic E-state index is 10.9. The number of hydrogen-bond acceptors (Lipinski definition) is 3. The molecule has 1 fully saturated rings. The third-order valence-electron chi connectivity index (χ3n) is 2.37. The molecule has 1 aromatic carbocycles. The van der Waals surface area contributed by atoms with Crippen molar-refractivity contribution < 1.29 is 14.6 Å². The molecule has 0 unspecified atom stereocenters. The predicted octanol–water partition coefficient (Wildman–Crippen LogP) is 1.55. The largest absolute Gasteiger partial charge is 0.478 e. The van der Waals surface area contributed by atoms with Crippen LogP contribution in [0.25, 0.3) is 0 Å². The van der Waals surface area contributed by atoms with Crippen LogP contribution in [0.15, 0.2) is 24.3 Å². The molecule has 1 aromatic rings. The molecular formula is C11H9NO3. The number of carboxylic acid groups (broad SMARTS) is 1. The van der Waals surface area contributed by atoms with Crippen molar-refractivity contribution in [3.8, 4) is 11.8 Å². The highest BCUT2D eigenvalue weighted by Gasteiger charge is 2.53. The smallest absolute Gasteiger partial charge is 0.348 e. The molecule has 0 aromatic heterocycles. The number of aliphatic carboxylic acids is 1. The Morgan fingerprint density at radius 3 is 2.80 bits per heavy atom. The Kier molecular flexibility index (Phi) is 2.09. The Bertz CT molecular complexity index is 443. The maximum atomic E-state index is 10.9. The average Bonchev–Trinajstić information content (AvgIpc) is 2.99. The summed E-state index contributed by atoms with van der Waals surface area (Å²) in [5.74, 6) is -0.501. The molecule has 1 N–H and O–H groups in total. The molecule has 2 rings (SSSR count). The van der Waals surface area contributed by atoms with E-state index >= 15 is 0 Å². The van der Waals surface area contributed by atoms with Crippen LogP contribution < -0.4 is 4.74 Å². The van der Waals surface area contributed by atoms with Gasteiger partial charge in [-0.15, -0.1) is 0 Å². The fraction of sp³-hybridized carbons (Fsp3) is 0.273. The van der Waals surface area contributed by atoms with Gasteiger partial charge < -0.3 is 9.84 Å². The van der Waals surface area contributed by atoms with E-state index in [-0.39, 0.29) is 0 Å². The minimum Gasteiger partial charge on any atom is -0.478 e. The van der Waals surface area contributed by atoms with E-state index in [1.165, 1.54) is 0 Å². The minimum absolute atomic E-state index is 0.439. The summed E-state index contributed by atoms with van der Waals surface area (Å²) >= 11 is 0. The Balaban J connectivity index is 2.18. The summed E-state index contributed by atoms with van der Waals surface area (Å²) in [7, 11) is 0. The van der Waals surface area contributed by atoms with Gasteiger partial charge in [0, 0.05) is 12.8 Å². The summed E-state index contributed by atoms with van der Waals surface area (Å²) in [6.07, 6.45) is 1.05. The quantitative estimate of drug-likeness (QED) is 0.809. The van der Waals surface area contributed by atoms with Crippen molar-refractivity contribution in [3.05, 3.63) is 29.8 Å². The summed E-state index contributed by atoms with van der Waals surface area (Å²) in [5.41, 5.74) is -0.581. The monoisotopic (exact) mass is 203 g/mol. The highest BCUT2D eigenvalue weighted by Crippen LogP contribution is 2.40. The molecule has 15 heavy (non-hydrogen) atoms. The topological polar surface area (TPSA) is 70.3 Å². The zero-order chi connectivity index (χ0) is 10.9. The lowest BCUT2D eigenvalue weighted by Crippen LogP contribution is -2.28. The molecule has 0 bridgehead atoms. The Hall–Kier alpha value is -2.02. The van der Waals surface area contributed by atoms with E-state index in [1.807, 2.05) is 6.07 Å². The van der Waals surface area contributed by atoms with Crippen molar-refractivity contribution in [2.75, 3.05) is 0 Å². The van der Waals surface area contributed by atoms with Gasteiger partial charge in [-0.25, -0.2) is 4.79 Å². The maximum Gasteiger partial charge on any atom is 0.348 e. The van der Waals surface area contributed by atoms with Crippen molar-refractivity contribution >= 4 is 5.97 Å². The lowest BCUT2D eigenvalue weighted by molar-refractivity contribution is -0.147. The molecular weight excluding hydrogens is 194 g/mol. The normalized spacial score (nSPS) is 16.5. The van der Waals surface area contributed by atoms with Crippen molar-refractivity contribution in [1.29, 1.82) is 5.26 Å². The molecule has 1 aliphatic rings. The summed E-state index contributed by atoms with van der Waals surface area (Å²) in [5, 5.41) is 17.6. The SMILES string of the molecule is N#Cc1cccc(OC2(C(=O)O)CC2)c1. The first kappa shape index (κ1) is 9.53. The van der Waals surface area contributed by atoms with Gasteiger partial charge in [0.2, 0.25) is 5.60 Å². The van der Waals surface area contributed by atoms with Gasteiger partial charge in [0.15, 0.2) is 0 Å². The first-order valence-electron chi connectivity index (χ1n) is 4.59. The van der Waals surface area contributed by atoms with Crippen LogP contribution in [0.2, 0.25) is 0 Å². The van der Waals surface area contributed by atoms with Gasteiger partial charge in [0.1, 0.15) is 5.75 Å². The minimum atomic E-state index is -1.05. The molecule has 0 atom stereocenters. The molecule has 1 saturated carbocycles. The number of carbonyl (C=O) groups is 1. The van der Waals surface area contributed by atoms with Gasteiger partial charge in [-0.3, -0.25) is 0 Å². The summed E-state index contributed by atoms with van der Waals surface area (Å²) in [6.45, 7) is 0. The van der Waals surface area contributed by atoms with Crippen LogP contribution in [0.5, 0.6) is 5.75 Å². The Morgan fingerprint density at radius 2 is 2.27 bits per heavy atom. The van der Waals surface area contributed by atoms with Crippen molar-refractivity contribution in [3.63, 3.8) is 0 Å². The standard InChI is InChI=1S/C11H9NO3/c12-7-8-2-1-3-9(6-8)15-11(4-5-11)10(13)14/h1-3,6H,4-5H2,(H,13,14). The van der Waals surface area contributed by atoms with E-state index in [0.29, 0.717) is 24.2 Å². The molecule has 76 valence electrons. The van der Waals surface area contributed by atoms with Gasteiger partial charge >= 0.3 is 5.97 Å². The van der Waals surface area contributed by atoms with E-state index in [0.717, 1.165) is 0 Å². The second kappa shape index (κ2) is 3.28. The highest BCUT2D eigenvalue weighted by atomic mass is 16.5. The van der Waals surface area contributed by atoms with Gasteiger partial charge in [-0.05, 0) is 18.2 Å². The number of ether oxygens (including phenoxy) is 1. The van der Waals surface area contributed by atoms with Gasteiger partial charge in [0.25, 0.3) is 0 Å². The third kappa shape index (κ3) is 1.77. The lowest BCUT2D eigenvalue weighted by Gasteiger charge is -2.13. The van der Waals surface area contributed by atoms with E-state index in [2.05, 4.69) is 0 Å². The van der Waals surface area contributed by atoms with Gasteiger partial charge in [-0.2, -0.15) is 5.26 Å².